The van der Waals surface area contributed by atoms with Crippen LogP contribution in [0.1, 0.15) is 27.1 Å². The number of amides is 2. The van der Waals surface area contributed by atoms with Gasteiger partial charge in [-0.1, -0.05) is 12.2 Å². The molecule has 4 atom stereocenters. The van der Waals surface area contributed by atoms with E-state index in [1.54, 1.807) is 6.07 Å². The minimum atomic E-state index is -4.33. The molecule has 1 saturated carbocycles. The van der Waals surface area contributed by atoms with Crippen molar-refractivity contribution < 1.29 is 41.8 Å². The van der Waals surface area contributed by atoms with Gasteiger partial charge in [-0.2, -0.15) is 0 Å². The zero-order valence-electron chi connectivity index (χ0n) is 22.9. The SMILES string of the molecule is COC(=O)c1cc(NS(=O)(=O)c2ccc(N3CCOCC3)c(N3C(=O)C4C5C=CC(C5)C4C3=O)c2)cc(C(=O)OC)c1. The summed E-state index contributed by atoms with van der Waals surface area (Å²) in [4.78, 5) is 54.7. The number of carbonyl (C=O) groups is 4. The van der Waals surface area contributed by atoms with Gasteiger partial charge in [0.1, 0.15) is 0 Å². The third-order valence-electron chi connectivity index (χ3n) is 8.35. The third-order valence-corrected chi connectivity index (χ3v) is 9.73. The standard InChI is InChI=1S/C29H29N3O9S/c1-39-28(35)18-12-19(29(36)40-2)14-20(13-18)30-42(37,38)21-5-6-22(31-7-9-41-10-8-31)23(15-21)32-26(33)24-16-3-4-17(11-16)25(24)27(32)34/h3-6,12-17,24-25,30H,7-11H2,1-2H3. The lowest BCUT2D eigenvalue weighted by Gasteiger charge is -2.32. The van der Waals surface area contributed by atoms with E-state index in [9.17, 15) is 27.6 Å². The number of anilines is 3. The molecule has 2 aromatic rings. The molecule has 2 saturated heterocycles. The first-order chi connectivity index (χ1) is 20.1. The first-order valence-corrected chi connectivity index (χ1v) is 15.0. The van der Waals surface area contributed by atoms with Crippen LogP contribution in [0.4, 0.5) is 17.1 Å². The molecule has 12 nitrogen and oxygen atoms in total. The first-order valence-electron chi connectivity index (χ1n) is 13.5. The van der Waals surface area contributed by atoms with Crippen LogP contribution in [0.15, 0.2) is 53.4 Å². The minimum absolute atomic E-state index is 0.00652. The molecule has 2 aromatic carbocycles. The smallest absolute Gasteiger partial charge is 0.337 e. The molecule has 2 amide bonds. The van der Waals surface area contributed by atoms with E-state index in [1.165, 1.54) is 30.3 Å². The summed E-state index contributed by atoms with van der Waals surface area (Å²) in [6, 6.07) is 7.99. The fraction of sp³-hybridized carbons (Fsp3) is 0.379. The normalized spacial score (nSPS) is 24.6. The van der Waals surface area contributed by atoms with E-state index < -0.39 is 33.8 Å². The lowest BCUT2D eigenvalue weighted by atomic mass is 9.85. The molecular weight excluding hydrogens is 566 g/mol. The molecular formula is C29H29N3O9S. The molecule has 220 valence electrons. The molecule has 6 rings (SSSR count). The number of hydrogen-bond acceptors (Lipinski definition) is 10. The van der Waals surface area contributed by atoms with Gasteiger partial charge in [-0.15, -0.1) is 0 Å². The predicted molar refractivity (Wildman–Crippen MR) is 150 cm³/mol. The lowest BCUT2D eigenvalue weighted by molar-refractivity contribution is -0.123. The highest BCUT2D eigenvalue weighted by Crippen LogP contribution is 2.54. The Morgan fingerprint density at radius 2 is 1.43 bits per heavy atom. The second-order valence-electron chi connectivity index (χ2n) is 10.6. The number of sulfonamides is 1. The molecule has 0 aromatic heterocycles. The molecule has 2 heterocycles. The van der Waals surface area contributed by atoms with E-state index in [0.717, 1.165) is 25.5 Å². The van der Waals surface area contributed by atoms with E-state index in [2.05, 4.69) is 4.72 Å². The monoisotopic (exact) mass is 595 g/mol. The molecule has 1 N–H and O–H groups in total. The number of allylic oxidation sites excluding steroid dienone is 2. The molecule has 4 unspecified atom stereocenters. The largest absolute Gasteiger partial charge is 0.465 e. The van der Waals surface area contributed by atoms with Gasteiger partial charge in [-0.05, 0) is 54.7 Å². The van der Waals surface area contributed by atoms with E-state index in [1.807, 2.05) is 17.1 Å². The number of ether oxygens (including phenoxy) is 3. The second kappa shape index (κ2) is 10.6. The Bertz CT molecular complexity index is 1570. The van der Waals surface area contributed by atoms with E-state index in [4.69, 9.17) is 14.2 Å². The highest BCUT2D eigenvalue weighted by Gasteiger charge is 2.60. The predicted octanol–water partition coefficient (Wildman–Crippen LogP) is 2.21. The van der Waals surface area contributed by atoms with Crippen molar-refractivity contribution >= 4 is 50.8 Å². The van der Waals surface area contributed by atoms with Crippen molar-refractivity contribution in [3.63, 3.8) is 0 Å². The average Bonchev–Trinajstić information content (AvgIpc) is 3.69. The van der Waals surface area contributed by atoms with Gasteiger partial charge in [0.05, 0.1) is 72.4 Å². The Kier molecular flexibility index (Phi) is 7.01. The summed E-state index contributed by atoms with van der Waals surface area (Å²) >= 11 is 0. The fourth-order valence-electron chi connectivity index (χ4n) is 6.43. The Labute approximate surface area is 242 Å². The highest BCUT2D eigenvalue weighted by molar-refractivity contribution is 7.92. The second-order valence-corrected chi connectivity index (χ2v) is 12.3. The fourth-order valence-corrected chi connectivity index (χ4v) is 7.49. The maximum absolute atomic E-state index is 13.7. The van der Waals surface area contributed by atoms with Gasteiger partial charge in [0.15, 0.2) is 0 Å². The number of nitrogens with one attached hydrogen (secondary N) is 1. The number of nitrogens with zero attached hydrogens (tertiary/aromatic N) is 2. The van der Waals surface area contributed by atoms with Crippen LogP contribution in [0.2, 0.25) is 0 Å². The van der Waals surface area contributed by atoms with Gasteiger partial charge >= 0.3 is 11.9 Å². The van der Waals surface area contributed by atoms with Crippen molar-refractivity contribution in [2.24, 2.45) is 23.7 Å². The van der Waals surface area contributed by atoms with Gasteiger partial charge in [0.25, 0.3) is 10.0 Å². The molecule has 42 heavy (non-hydrogen) atoms. The van der Waals surface area contributed by atoms with Gasteiger partial charge in [0, 0.05) is 13.1 Å². The van der Waals surface area contributed by atoms with E-state index in [0.29, 0.717) is 32.0 Å². The molecule has 0 spiro atoms. The number of fused-ring (bicyclic) bond motifs is 5. The molecule has 2 aliphatic carbocycles. The third kappa shape index (κ3) is 4.62. The molecule has 3 fully saturated rings. The summed E-state index contributed by atoms with van der Waals surface area (Å²) in [5.74, 6) is -3.14. The van der Waals surface area contributed by atoms with Crippen molar-refractivity contribution in [1.29, 1.82) is 0 Å². The van der Waals surface area contributed by atoms with Crippen molar-refractivity contribution in [1.82, 2.24) is 0 Å². The van der Waals surface area contributed by atoms with Gasteiger partial charge in [-0.3, -0.25) is 14.3 Å². The molecule has 0 radical (unpaired) electrons. The first kappa shape index (κ1) is 27.9. The minimum Gasteiger partial charge on any atom is -0.465 e. The van der Waals surface area contributed by atoms with Crippen LogP contribution < -0.4 is 14.5 Å². The quantitative estimate of drug-likeness (QED) is 0.287. The van der Waals surface area contributed by atoms with Crippen LogP contribution in [0.5, 0.6) is 0 Å². The van der Waals surface area contributed by atoms with E-state index in [-0.39, 0.29) is 51.0 Å². The maximum Gasteiger partial charge on any atom is 0.337 e. The maximum atomic E-state index is 13.7. The van der Waals surface area contributed by atoms with Crippen LogP contribution in [0, 0.1) is 23.7 Å². The number of benzene rings is 2. The Balaban J connectivity index is 1.39. The van der Waals surface area contributed by atoms with Crippen molar-refractivity contribution in [2.75, 3.05) is 55.0 Å². The summed E-state index contributed by atoms with van der Waals surface area (Å²) < 4.78 is 44.6. The highest BCUT2D eigenvalue weighted by atomic mass is 32.2. The zero-order chi connectivity index (χ0) is 29.8. The van der Waals surface area contributed by atoms with Gasteiger partial charge in [0.2, 0.25) is 11.8 Å². The number of rotatable bonds is 7. The van der Waals surface area contributed by atoms with Gasteiger partial charge in [-0.25, -0.2) is 22.9 Å². The van der Waals surface area contributed by atoms with Crippen molar-refractivity contribution in [3.8, 4) is 0 Å². The van der Waals surface area contributed by atoms with Crippen molar-refractivity contribution in [2.45, 2.75) is 11.3 Å². The summed E-state index contributed by atoms with van der Waals surface area (Å²) in [6.07, 6.45) is 4.77. The van der Waals surface area contributed by atoms with Crippen molar-refractivity contribution in [3.05, 3.63) is 59.7 Å². The average molecular weight is 596 g/mol. The van der Waals surface area contributed by atoms with Crippen LogP contribution in [0.25, 0.3) is 0 Å². The van der Waals surface area contributed by atoms with Crippen LogP contribution in [-0.4, -0.2) is 72.7 Å². The number of imide groups is 1. The Morgan fingerprint density at radius 1 is 0.857 bits per heavy atom. The van der Waals surface area contributed by atoms with Crippen LogP contribution in [-0.2, 0) is 33.8 Å². The topological polar surface area (TPSA) is 149 Å². The number of methoxy groups -OCH3 is 2. The molecule has 13 heteroatoms. The molecule has 2 aliphatic heterocycles. The Morgan fingerprint density at radius 3 is 1.98 bits per heavy atom. The number of esters is 2. The summed E-state index contributed by atoms with van der Waals surface area (Å²) in [6.45, 7) is 1.90. The number of carbonyl (C=O) groups excluding carboxylic acids is 4. The van der Waals surface area contributed by atoms with E-state index >= 15 is 0 Å². The Hall–Kier alpha value is -4.23. The number of hydrogen-bond donors (Lipinski definition) is 1. The lowest BCUT2D eigenvalue weighted by Crippen LogP contribution is -2.39. The van der Waals surface area contributed by atoms with Gasteiger partial charge < -0.3 is 19.1 Å². The number of morpholine rings is 1. The summed E-state index contributed by atoms with van der Waals surface area (Å²) in [7, 11) is -2.02. The van der Waals surface area contributed by atoms with Crippen LogP contribution in [0.3, 0.4) is 0 Å². The molecule has 4 aliphatic rings. The summed E-state index contributed by atoms with van der Waals surface area (Å²) in [5, 5.41) is 0. The molecule has 2 bridgehead atoms. The van der Waals surface area contributed by atoms with Crippen LogP contribution >= 0.6 is 0 Å². The summed E-state index contributed by atoms with van der Waals surface area (Å²) in [5.41, 5.74) is 0.540. The zero-order valence-corrected chi connectivity index (χ0v) is 23.8.